The van der Waals surface area contributed by atoms with Gasteiger partial charge in [-0.2, -0.15) is 0 Å². The van der Waals surface area contributed by atoms with Gasteiger partial charge < -0.3 is 9.84 Å². The van der Waals surface area contributed by atoms with Gasteiger partial charge in [-0.3, -0.25) is 0 Å². The zero-order valence-corrected chi connectivity index (χ0v) is 4.77. The average molecular weight is 103 g/mol. The van der Waals surface area contributed by atoms with E-state index in [1.807, 2.05) is 0 Å². The molecule has 0 aromatic heterocycles. The maximum atomic E-state index is 8.78. The fourth-order valence-electron chi connectivity index (χ4n) is 0.311. The van der Waals surface area contributed by atoms with E-state index in [-0.39, 0.29) is 6.61 Å². The molecular formula is C5H11O2. The Morgan fingerprint density at radius 1 is 1.86 bits per heavy atom. The van der Waals surface area contributed by atoms with Gasteiger partial charge in [-0.15, -0.1) is 0 Å². The molecule has 0 bridgehead atoms. The van der Waals surface area contributed by atoms with Gasteiger partial charge in [0.1, 0.15) is 0 Å². The fourth-order valence-corrected chi connectivity index (χ4v) is 0.311. The second kappa shape index (κ2) is 2.28. The van der Waals surface area contributed by atoms with E-state index in [2.05, 4.69) is 11.7 Å². The summed E-state index contributed by atoms with van der Waals surface area (Å²) in [5, 5.41) is 8.78. The van der Waals surface area contributed by atoms with E-state index in [4.69, 9.17) is 5.11 Å². The zero-order valence-electron chi connectivity index (χ0n) is 4.77. The molecule has 0 saturated carbocycles. The highest BCUT2D eigenvalue weighted by atomic mass is 16.5. The molecule has 0 aromatic carbocycles. The molecule has 1 unspecified atom stereocenters. The maximum Gasteiger partial charge on any atom is 0.0853 e. The van der Waals surface area contributed by atoms with Crippen LogP contribution >= 0.6 is 0 Å². The first-order valence-electron chi connectivity index (χ1n) is 2.13. The fraction of sp³-hybridized carbons (Fsp3) is 0.800. The van der Waals surface area contributed by atoms with E-state index >= 15 is 0 Å². The lowest BCUT2D eigenvalue weighted by Crippen LogP contribution is -2.25. The van der Waals surface area contributed by atoms with Crippen molar-refractivity contribution < 1.29 is 9.84 Å². The summed E-state index contributed by atoms with van der Waals surface area (Å²) in [6, 6.07) is 0. The van der Waals surface area contributed by atoms with Crippen molar-refractivity contribution in [3.63, 3.8) is 0 Å². The van der Waals surface area contributed by atoms with Crippen molar-refractivity contribution in [2.45, 2.75) is 12.5 Å². The third-order valence-corrected chi connectivity index (χ3v) is 0.455. The molecule has 1 radical (unpaired) electrons. The summed E-state index contributed by atoms with van der Waals surface area (Å²) in [6.07, 6.45) is 0. The molecule has 1 N–H and O–H groups in total. The third-order valence-electron chi connectivity index (χ3n) is 0.455. The quantitative estimate of drug-likeness (QED) is 0.541. The van der Waals surface area contributed by atoms with Crippen LogP contribution in [0.2, 0.25) is 0 Å². The number of hydrogen-bond acceptors (Lipinski definition) is 2. The van der Waals surface area contributed by atoms with Crippen LogP contribution in [-0.2, 0) is 4.74 Å². The number of methoxy groups -OCH3 is 1. The average Bonchev–Trinajstić information content (AvgIpc) is 1.30. The minimum atomic E-state index is -0.922. The smallest absolute Gasteiger partial charge is 0.0853 e. The monoisotopic (exact) mass is 103 g/mol. The van der Waals surface area contributed by atoms with Crippen LogP contribution in [0.3, 0.4) is 0 Å². The van der Waals surface area contributed by atoms with E-state index < -0.39 is 5.60 Å². The molecule has 0 fully saturated rings. The van der Waals surface area contributed by atoms with Gasteiger partial charge in [-0.05, 0) is 13.8 Å². The molecule has 7 heavy (non-hydrogen) atoms. The first kappa shape index (κ1) is 6.92. The highest BCUT2D eigenvalue weighted by Gasteiger charge is 2.10. The van der Waals surface area contributed by atoms with E-state index in [0.717, 1.165) is 0 Å². The van der Waals surface area contributed by atoms with Crippen LogP contribution in [-0.4, -0.2) is 24.4 Å². The Bertz CT molecular complexity index is 44.5. The predicted molar refractivity (Wildman–Crippen MR) is 27.9 cm³/mol. The molecule has 0 heterocycles. The highest BCUT2D eigenvalue weighted by molar-refractivity contribution is 4.72. The van der Waals surface area contributed by atoms with Crippen LogP contribution in [0.1, 0.15) is 6.92 Å². The summed E-state index contributed by atoms with van der Waals surface area (Å²) in [4.78, 5) is 0. The van der Waals surface area contributed by atoms with E-state index in [1.54, 1.807) is 6.92 Å². The number of rotatable bonds is 2. The number of aliphatic hydroxyl groups is 1. The molecule has 0 rings (SSSR count). The molecule has 0 aliphatic carbocycles. The molecular weight excluding hydrogens is 92.1 g/mol. The molecule has 0 aromatic rings. The van der Waals surface area contributed by atoms with Crippen LogP contribution < -0.4 is 0 Å². The Labute approximate surface area is 44.1 Å². The van der Waals surface area contributed by atoms with Crippen molar-refractivity contribution in [1.82, 2.24) is 0 Å². The second-order valence-corrected chi connectivity index (χ2v) is 1.93. The van der Waals surface area contributed by atoms with Crippen LogP contribution in [0.15, 0.2) is 0 Å². The van der Waals surface area contributed by atoms with Gasteiger partial charge in [-0.1, -0.05) is 0 Å². The lowest BCUT2D eigenvalue weighted by Gasteiger charge is -2.13. The van der Waals surface area contributed by atoms with Crippen LogP contribution in [0.5, 0.6) is 0 Å². The zero-order chi connectivity index (χ0) is 5.91. The first-order chi connectivity index (χ1) is 3.06. The van der Waals surface area contributed by atoms with Gasteiger partial charge in [0.15, 0.2) is 0 Å². The summed E-state index contributed by atoms with van der Waals surface area (Å²) < 4.78 is 4.59. The van der Waals surface area contributed by atoms with Gasteiger partial charge in [0.2, 0.25) is 0 Å². The summed E-state index contributed by atoms with van der Waals surface area (Å²) in [5.74, 6) is 0. The standard InChI is InChI=1S/C5H11O2/c1-5(2,6)4-7-3/h6H,1,4H2,2-3H3. The minimum Gasteiger partial charge on any atom is -0.388 e. The normalized spacial score (nSPS) is 12.0. The van der Waals surface area contributed by atoms with Crippen LogP contribution in [0.4, 0.5) is 0 Å². The highest BCUT2D eigenvalue weighted by Crippen LogP contribution is 1.97. The van der Waals surface area contributed by atoms with Crippen molar-refractivity contribution >= 4 is 0 Å². The summed E-state index contributed by atoms with van der Waals surface area (Å²) in [7, 11) is 1.53. The van der Waals surface area contributed by atoms with Crippen molar-refractivity contribution in [1.29, 1.82) is 0 Å². The van der Waals surface area contributed by atoms with Gasteiger partial charge in [-0.25, -0.2) is 0 Å². The van der Waals surface area contributed by atoms with Crippen LogP contribution in [0, 0.1) is 6.92 Å². The molecule has 0 amide bonds. The predicted octanol–water partition coefficient (Wildman–Crippen LogP) is 0.218. The van der Waals surface area contributed by atoms with E-state index in [1.165, 1.54) is 7.11 Å². The number of ether oxygens (including phenoxy) is 1. The summed E-state index contributed by atoms with van der Waals surface area (Å²) >= 11 is 0. The summed E-state index contributed by atoms with van der Waals surface area (Å²) in [5.41, 5.74) is -0.922. The number of hydrogen-bond donors (Lipinski definition) is 1. The van der Waals surface area contributed by atoms with E-state index in [9.17, 15) is 0 Å². The molecule has 43 valence electrons. The Morgan fingerprint density at radius 2 is 2.29 bits per heavy atom. The van der Waals surface area contributed by atoms with Crippen molar-refractivity contribution in [3.8, 4) is 0 Å². The second-order valence-electron chi connectivity index (χ2n) is 1.93. The first-order valence-corrected chi connectivity index (χ1v) is 2.13. The molecule has 0 aliphatic rings. The van der Waals surface area contributed by atoms with E-state index in [0.29, 0.717) is 0 Å². The van der Waals surface area contributed by atoms with Crippen molar-refractivity contribution in [2.75, 3.05) is 13.7 Å². The Balaban J connectivity index is 3.15. The SMILES string of the molecule is [CH2]C(C)(O)COC. The van der Waals surface area contributed by atoms with Gasteiger partial charge in [0, 0.05) is 7.11 Å². The lowest BCUT2D eigenvalue weighted by atomic mass is 10.2. The lowest BCUT2D eigenvalue weighted by molar-refractivity contribution is 0.0180. The largest absolute Gasteiger partial charge is 0.388 e. The Hall–Kier alpha value is -0.0800. The topological polar surface area (TPSA) is 29.5 Å². The molecule has 2 nitrogen and oxygen atoms in total. The van der Waals surface area contributed by atoms with Gasteiger partial charge in [0.05, 0.1) is 12.2 Å². The molecule has 1 atom stereocenters. The molecule has 0 spiro atoms. The Kier molecular flexibility index (Phi) is 2.26. The van der Waals surface area contributed by atoms with Crippen LogP contribution in [0.25, 0.3) is 0 Å². The molecule has 2 heteroatoms. The maximum absolute atomic E-state index is 8.78. The van der Waals surface area contributed by atoms with Crippen molar-refractivity contribution in [2.24, 2.45) is 0 Å². The Morgan fingerprint density at radius 3 is 2.29 bits per heavy atom. The van der Waals surface area contributed by atoms with Gasteiger partial charge in [0.25, 0.3) is 0 Å². The van der Waals surface area contributed by atoms with Gasteiger partial charge >= 0.3 is 0 Å². The molecule has 0 aliphatic heterocycles. The minimum absolute atomic E-state index is 0.285. The third kappa shape index (κ3) is 5.92. The van der Waals surface area contributed by atoms with Crippen molar-refractivity contribution in [3.05, 3.63) is 6.92 Å². The molecule has 0 saturated heterocycles. The summed E-state index contributed by atoms with van der Waals surface area (Å²) in [6.45, 7) is 5.27.